The molecule has 1 aliphatic heterocycles. The monoisotopic (exact) mass is 383 g/mol. The van der Waals surface area contributed by atoms with Crippen molar-refractivity contribution in [2.45, 2.75) is 44.8 Å². The summed E-state index contributed by atoms with van der Waals surface area (Å²) in [6, 6.07) is 9.68. The van der Waals surface area contributed by atoms with Crippen molar-refractivity contribution in [3.63, 3.8) is 0 Å². The van der Waals surface area contributed by atoms with Crippen LogP contribution in [0.3, 0.4) is 0 Å². The van der Waals surface area contributed by atoms with Gasteiger partial charge in [0, 0.05) is 25.0 Å². The second-order valence-corrected chi connectivity index (χ2v) is 7.58. The molecule has 6 heteroatoms. The summed E-state index contributed by atoms with van der Waals surface area (Å²) in [5.41, 5.74) is 1.31. The molecule has 0 spiro atoms. The van der Waals surface area contributed by atoms with Gasteiger partial charge in [-0.2, -0.15) is 0 Å². The first-order valence-corrected chi connectivity index (χ1v) is 9.74. The molecular weight excluding hydrogens is 358 g/mol. The third-order valence-electron chi connectivity index (χ3n) is 5.83. The van der Waals surface area contributed by atoms with Gasteiger partial charge in [0.2, 0.25) is 0 Å². The van der Waals surface area contributed by atoms with Gasteiger partial charge in [-0.25, -0.2) is 4.79 Å². The van der Waals surface area contributed by atoms with Crippen molar-refractivity contribution < 1.29 is 18.7 Å². The van der Waals surface area contributed by atoms with E-state index < -0.39 is 5.63 Å². The molecule has 6 nitrogen and oxygen atoms in total. The number of benzene rings is 1. The second kappa shape index (κ2) is 7.80. The van der Waals surface area contributed by atoms with Crippen LogP contribution in [-0.2, 0) is 17.6 Å². The quantitative estimate of drug-likeness (QED) is 0.830. The lowest BCUT2D eigenvalue weighted by Crippen LogP contribution is -2.54. The molecule has 2 heterocycles. The van der Waals surface area contributed by atoms with E-state index in [1.54, 1.807) is 20.1 Å². The number of carbonyl (C=O) groups excluding carboxylic acids is 1. The number of hydrogen-bond acceptors (Lipinski definition) is 5. The molecule has 148 valence electrons. The maximum absolute atomic E-state index is 12.6. The minimum Gasteiger partial charge on any atom is -0.497 e. The predicted molar refractivity (Wildman–Crippen MR) is 104 cm³/mol. The summed E-state index contributed by atoms with van der Waals surface area (Å²) in [5.74, 6) is 1.43. The van der Waals surface area contributed by atoms with E-state index in [-0.39, 0.29) is 23.6 Å². The number of methoxy groups -OCH3 is 1. The molecule has 0 bridgehead atoms. The van der Waals surface area contributed by atoms with Gasteiger partial charge in [0.1, 0.15) is 17.1 Å². The van der Waals surface area contributed by atoms with Crippen molar-refractivity contribution >= 4 is 5.91 Å². The van der Waals surface area contributed by atoms with E-state index in [1.165, 1.54) is 0 Å². The molecule has 0 radical (unpaired) electrons. The molecule has 1 saturated heterocycles. The first-order chi connectivity index (χ1) is 13.5. The van der Waals surface area contributed by atoms with Gasteiger partial charge in [0.15, 0.2) is 0 Å². The van der Waals surface area contributed by atoms with Gasteiger partial charge >= 0.3 is 5.63 Å². The topological polar surface area (TPSA) is 77.8 Å². The summed E-state index contributed by atoms with van der Waals surface area (Å²) in [5, 5.41) is 2.98. The van der Waals surface area contributed by atoms with Crippen LogP contribution in [0.25, 0.3) is 0 Å². The number of carbonyl (C=O) groups is 1. The van der Waals surface area contributed by atoms with Gasteiger partial charge < -0.3 is 19.2 Å². The van der Waals surface area contributed by atoms with Crippen molar-refractivity contribution in [2.75, 3.05) is 13.7 Å². The Morgan fingerprint density at radius 2 is 2.04 bits per heavy atom. The lowest BCUT2D eigenvalue weighted by molar-refractivity contribution is 0.00804. The number of rotatable bonds is 6. The van der Waals surface area contributed by atoms with Crippen LogP contribution < -0.4 is 15.7 Å². The number of nitrogens with one attached hydrogen (secondary N) is 1. The van der Waals surface area contributed by atoms with E-state index in [0.717, 1.165) is 37.2 Å². The van der Waals surface area contributed by atoms with E-state index in [4.69, 9.17) is 13.9 Å². The van der Waals surface area contributed by atoms with E-state index in [2.05, 4.69) is 5.32 Å². The average Bonchev–Trinajstić information content (AvgIpc) is 3.05. The Morgan fingerprint density at radius 1 is 1.25 bits per heavy atom. The molecule has 1 aromatic heterocycles. The summed E-state index contributed by atoms with van der Waals surface area (Å²) in [7, 11) is 1.63. The van der Waals surface area contributed by atoms with E-state index >= 15 is 0 Å². The highest BCUT2D eigenvalue weighted by atomic mass is 16.5. The number of hydrogen-bond donors (Lipinski definition) is 1. The van der Waals surface area contributed by atoms with Crippen LogP contribution >= 0.6 is 0 Å². The van der Waals surface area contributed by atoms with Crippen molar-refractivity contribution in [1.82, 2.24) is 5.32 Å². The predicted octanol–water partition coefficient (Wildman–Crippen LogP) is 2.65. The molecule has 0 unspecified atom stereocenters. The van der Waals surface area contributed by atoms with Gasteiger partial charge in [-0.05, 0) is 55.5 Å². The largest absolute Gasteiger partial charge is 0.497 e. The number of ether oxygens (including phenoxy) is 2. The van der Waals surface area contributed by atoms with Crippen LogP contribution in [0.2, 0.25) is 0 Å². The fraction of sp³-hybridized carbons (Fsp3) is 0.455. The Bertz CT molecular complexity index is 918. The van der Waals surface area contributed by atoms with Gasteiger partial charge in [-0.3, -0.25) is 4.79 Å². The SMILES string of the molecule is COc1ccc(CCc2cc(C)c(C(=O)N[C@@H]3C[C@H]4OCC[C@@H]34)c(=O)o2)cc1. The first-order valence-electron chi connectivity index (χ1n) is 9.74. The molecule has 28 heavy (non-hydrogen) atoms. The second-order valence-electron chi connectivity index (χ2n) is 7.58. The smallest absolute Gasteiger partial charge is 0.349 e. The van der Waals surface area contributed by atoms with Gasteiger partial charge in [0.25, 0.3) is 5.91 Å². The van der Waals surface area contributed by atoms with Crippen LogP contribution in [0.1, 0.15) is 40.1 Å². The fourth-order valence-corrected chi connectivity index (χ4v) is 4.13. The van der Waals surface area contributed by atoms with E-state index in [9.17, 15) is 9.59 Å². The number of amides is 1. The Morgan fingerprint density at radius 3 is 2.71 bits per heavy atom. The average molecular weight is 383 g/mol. The van der Waals surface area contributed by atoms with Crippen LogP contribution in [0.15, 0.2) is 39.5 Å². The molecule has 4 rings (SSSR count). The van der Waals surface area contributed by atoms with Gasteiger partial charge in [0.05, 0.1) is 13.2 Å². The number of aryl methyl sites for hydroxylation is 3. The number of fused-ring (bicyclic) bond motifs is 1. The molecule has 1 amide bonds. The highest BCUT2D eigenvalue weighted by Gasteiger charge is 2.46. The van der Waals surface area contributed by atoms with E-state index in [0.29, 0.717) is 23.7 Å². The standard InChI is InChI=1S/C22H25NO5/c1-13-11-16(8-5-14-3-6-15(26-2)7-4-14)28-22(25)20(13)21(24)23-18-12-19-17(18)9-10-27-19/h3-4,6-7,11,17-19H,5,8-10,12H2,1-2H3,(H,23,24)/t17-,18+,19+/m0/s1. The van der Waals surface area contributed by atoms with Crippen molar-refractivity contribution in [2.24, 2.45) is 5.92 Å². The Kier molecular flexibility index (Phi) is 5.22. The molecular formula is C22H25NO5. The van der Waals surface area contributed by atoms with Crippen LogP contribution in [0, 0.1) is 12.8 Å². The summed E-state index contributed by atoms with van der Waals surface area (Å²) in [4.78, 5) is 25.0. The zero-order valence-electron chi connectivity index (χ0n) is 16.2. The van der Waals surface area contributed by atoms with Crippen LogP contribution in [0.5, 0.6) is 5.75 Å². The summed E-state index contributed by atoms with van der Waals surface area (Å²) in [6.45, 7) is 2.54. The zero-order valence-corrected chi connectivity index (χ0v) is 16.2. The normalized spacial score (nSPS) is 23.0. The first kappa shape index (κ1) is 18.7. The maximum Gasteiger partial charge on any atom is 0.349 e. The van der Waals surface area contributed by atoms with Crippen LogP contribution in [-0.4, -0.2) is 31.8 Å². The van der Waals surface area contributed by atoms with Gasteiger partial charge in [-0.1, -0.05) is 12.1 Å². The van der Waals surface area contributed by atoms with Crippen molar-refractivity contribution in [3.05, 3.63) is 63.2 Å². The highest BCUT2D eigenvalue weighted by molar-refractivity contribution is 5.95. The van der Waals surface area contributed by atoms with Crippen molar-refractivity contribution in [3.8, 4) is 5.75 Å². The lowest BCUT2D eigenvalue weighted by Gasteiger charge is -2.39. The molecule has 2 aromatic rings. The lowest BCUT2D eigenvalue weighted by atomic mass is 9.76. The summed E-state index contributed by atoms with van der Waals surface area (Å²) in [6.07, 6.45) is 3.38. The molecule has 2 aliphatic rings. The molecule has 1 aliphatic carbocycles. The van der Waals surface area contributed by atoms with Crippen molar-refractivity contribution in [1.29, 1.82) is 0 Å². The molecule has 1 N–H and O–H groups in total. The highest BCUT2D eigenvalue weighted by Crippen LogP contribution is 2.38. The van der Waals surface area contributed by atoms with E-state index in [1.807, 2.05) is 24.3 Å². The molecule has 1 saturated carbocycles. The summed E-state index contributed by atoms with van der Waals surface area (Å²) < 4.78 is 16.2. The zero-order chi connectivity index (χ0) is 19.7. The Hall–Kier alpha value is -2.60. The minimum atomic E-state index is -0.569. The Balaban J connectivity index is 1.41. The third-order valence-corrected chi connectivity index (χ3v) is 5.83. The third kappa shape index (κ3) is 3.69. The fourth-order valence-electron chi connectivity index (χ4n) is 4.13. The minimum absolute atomic E-state index is 0.0912. The Labute approximate surface area is 163 Å². The molecule has 3 atom stereocenters. The maximum atomic E-state index is 12.6. The van der Waals surface area contributed by atoms with Gasteiger partial charge in [-0.15, -0.1) is 0 Å². The molecule has 1 aromatic carbocycles. The van der Waals surface area contributed by atoms with Crippen LogP contribution in [0.4, 0.5) is 0 Å². The summed E-state index contributed by atoms with van der Waals surface area (Å²) >= 11 is 0. The molecule has 2 fully saturated rings.